The van der Waals surface area contributed by atoms with E-state index in [1.807, 2.05) is 48.5 Å². The van der Waals surface area contributed by atoms with Gasteiger partial charge in [0.15, 0.2) is 5.13 Å². The van der Waals surface area contributed by atoms with Gasteiger partial charge in [-0.3, -0.25) is 4.79 Å². The van der Waals surface area contributed by atoms with Crippen molar-refractivity contribution in [3.63, 3.8) is 0 Å². The summed E-state index contributed by atoms with van der Waals surface area (Å²) in [7, 11) is 0. The fraction of sp³-hybridized carbons (Fsp3) is 0.125. The average Bonchev–Trinajstić information content (AvgIpc) is 3.10. The summed E-state index contributed by atoms with van der Waals surface area (Å²) in [5.74, 6) is -0.167. The van der Waals surface area contributed by atoms with Gasteiger partial charge in [-0.25, -0.2) is 4.98 Å². The van der Waals surface area contributed by atoms with Crippen LogP contribution in [0.2, 0.25) is 0 Å². The standard InChI is InChI=1S/C16H13N3OS/c20-15(11-9-17-12-6-2-1-5-10(11)12)19-16-18-13-7-3-4-8-14(13)21-16/h1-8,11,17H,9H2,(H,18,19,20). The minimum absolute atomic E-state index is 0.00786. The predicted octanol–water partition coefficient (Wildman–Crippen LogP) is 3.44. The van der Waals surface area contributed by atoms with Crippen LogP contribution in [0.4, 0.5) is 10.8 Å². The number of rotatable bonds is 2. The highest BCUT2D eigenvalue weighted by molar-refractivity contribution is 7.22. The Morgan fingerprint density at radius 1 is 1.19 bits per heavy atom. The Hall–Kier alpha value is -2.40. The molecule has 0 saturated heterocycles. The number of carbonyl (C=O) groups excluding carboxylic acids is 1. The lowest BCUT2D eigenvalue weighted by Gasteiger charge is -2.08. The second kappa shape index (κ2) is 4.86. The van der Waals surface area contributed by atoms with Crippen molar-refractivity contribution in [2.24, 2.45) is 0 Å². The van der Waals surface area contributed by atoms with Crippen LogP contribution >= 0.6 is 11.3 Å². The van der Waals surface area contributed by atoms with Gasteiger partial charge in [0.25, 0.3) is 0 Å². The fourth-order valence-electron chi connectivity index (χ4n) is 2.64. The van der Waals surface area contributed by atoms with Crippen molar-refractivity contribution in [1.82, 2.24) is 4.98 Å². The fourth-order valence-corrected chi connectivity index (χ4v) is 3.50. The third kappa shape index (κ3) is 2.15. The zero-order chi connectivity index (χ0) is 14.2. The molecule has 1 aliphatic heterocycles. The van der Waals surface area contributed by atoms with E-state index in [1.54, 1.807) is 0 Å². The molecule has 1 atom stereocenters. The molecule has 2 N–H and O–H groups in total. The Morgan fingerprint density at radius 2 is 2.00 bits per heavy atom. The first-order chi connectivity index (χ1) is 10.3. The maximum Gasteiger partial charge on any atom is 0.235 e. The molecule has 21 heavy (non-hydrogen) atoms. The summed E-state index contributed by atoms with van der Waals surface area (Å²) in [5.41, 5.74) is 3.01. The minimum atomic E-state index is -0.159. The van der Waals surface area contributed by atoms with Crippen molar-refractivity contribution in [3.8, 4) is 0 Å². The zero-order valence-corrected chi connectivity index (χ0v) is 12.0. The predicted molar refractivity (Wildman–Crippen MR) is 85.9 cm³/mol. The molecule has 0 radical (unpaired) electrons. The molecule has 3 aromatic rings. The number of thiazole rings is 1. The van der Waals surface area contributed by atoms with Crippen LogP contribution in [-0.2, 0) is 4.79 Å². The Balaban J connectivity index is 1.59. The number of fused-ring (bicyclic) bond motifs is 2. The average molecular weight is 295 g/mol. The lowest BCUT2D eigenvalue weighted by molar-refractivity contribution is -0.117. The number of carbonyl (C=O) groups is 1. The highest BCUT2D eigenvalue weighted by atomic mass is 32.1. The SMILES string of the molecule is O=C(Nc1nc2ccccc2s1)C1CNc2ccccc21. The van der Waals surface area contributed by atoms with E-state index >= 15 is 0 Å². The zero-order valence-electron chi connectivity index (χ0n) is 11.2. The summed E-state index contributed by atoms with van der Waals surface area (Å²) in [4.78, 5) is 16.9. The van der Waals surface area contributed by atoms with Crippen molar-refractivity contribution in [1.29, 1.82) is 0 Å². The monoisotopic (exact) mass is 295 g/mol. The first-order valence-corrected chi connectivity index (χ1v) is 7.62. The molecule has 0 aliphatic carbocycles. The molecule has 0 bridgehead atoms. The number of aromatic nitrogens is 1. The molecular formula is C16H13N3OS. The van der Waals surface area contributed by atoms with E-state index in [1.165, 1.54) is 11.3 Å². The van der Waals surface area contributed by atoms with Crippen molar-refractivity contribution in [3.05, 3.63) is 54.1 Å². The molecular weight excluding hydrogens is 282 g/mol. The summed E-state index contributed by atoms with van der Waals surface area (Å²) in [6.45, 7) is 0.635. The summed E-state index contributed by atoms with van der Waals surface area (Å²) >= 11 is 1.50. The van der Waals surface area contributed by atoms with E-state index in [0.29, 0.717) is 11.7 Å². The molecule has 2 aromatic carbocycles. The van der Waals surface area contributed by atoms with Crippen molar-refractivity contribution < 1.29 is 4.79 Å². The van der Waals surface area contributed by atoms with Crippen LogP contribution in [0.3, 0.4) is 0 Å². The van der Waals surface area contributed by atoms with Gasteiger partial charge in [0.1, 0.15) is 0 Å². The highest BCUT2D eigenvalue weighted by Gasteiger charge is 2.28. The Bertz CT molecular complexity index is 794. The molecule has 1 aliphatic rings. The topological polar surface area (TPSA) is 54.0 Å². The molecule has 4 rings (SSSR count). The first-order valence-electron chi connectivity index (χ1n) is 6.80. The Labute approximate surface area is 125 Å². The number of hydrogen-bond acceptors (Lipinski definition) is 4. The molecule has 0 saturated carbocycles. The maximum absolute atomic E-state index is 12.5. The van der Waals surface area contributed by atoms with Crippen LogP contribution in [0.15, 0.2) is 48.5 Å². The summed E-state index contributed by atoms with van der Waals surface area (Å²) in [5, 5.41) is 6.87. The Morgan fingerprint density at radius 3 is 2.90 bits per heavy atom. The van der Waals surface area contributed by atoms with Gasteiger partial charge >= 0.3 is 0 Å². The van der Waals surface area contributed by atoms with Gasteiger partial charge in [0.2, 0.25) is 5.91 Å². The summed E-state index contributed by atoms with van der Waals surface area (Å²) < 4.78 is 1.08. The van der Waals surface area contributed by atoms with Crippen LogP contribution < -0.4 is 10.6 Å². The lowest BCUT2D eigenvalue weighted by atomic mass is 10.0. The number of hydrogen-bond donors (Lipinski definition) is 2. The minimum Gasteiger partial charge on any atom is -0.384 e. The van der Waals surface area contributed by atoms with E-state index in [0.717, 1.165) is 21.5 Å². The number of benzene rings is 2. The number of amides is 1. The van der Waals surface area contributed by atoms with E-state index in [-0.39, 0.29) is 11.8 Å². The van der Waals surface area contributed by atoms with Crippen molar-refractivity contribution >= 4 is 38.3 Å². The van der Waals surface area contributed by atoms with Crippen molar-refractivity contribution in [2.75, 3.05) is 17.2 Å². The third-order valence-corrected chi connectivity index (χ3v) is 4.63. The Kier molecular flexibility index (Phi) is 2.86. The van der Waals surface area contributed by atoms with E-state index < -0.39 is 0 Å². The van der Waals surface area contributed by atoms with E-state index in [4.69, 9.17) is 0 Å². The van der Waals surface area contributed by atoms with Crippen LogP contribution in [-0.4, -0.2) is 17.4 Å². The second-order valence-corrected chi connectivity index (χ2v) is 6.03. The quantitative estimate of drug-likeness (QED) is 0.761. The van der Waals surface area contributed by atoms with Gasteiger partial charge < -0.3 is 10.6 Å². The molecule has 4 nitrogen and oxygen atoms in total. The summed E-state index contributed by atoms with van der Waals surface area (Å²) in [6, 6.07) is 15.8. The molecule has 2 heterocycles. The van der Waals surface area contributed by atoms with Crippen LogP contribution in [0.25, 0.3) is 10.2 Å². The van der Waals surface area contributed by atoms with Gasteiger partial charge in [-0.2, -0.15) is 0 Å². The molecule has 5 heteroatoms. The number of nitrogens with one attached hydrogen (secondary N) is 2. The highest BCUT2D eigenvalue weighted by Crippen LogP contribution is 2.33. The number of anilines is 2. The van der Waals surface area contributed by atoms with Gasteiger partial charge in [-0.15, -0.1) is 0 Å². The van der Waals surface area contributed by atoms with Gasteiger partial charge in [0, 0.05) is 12.2 Å². The second-order valence-electron chi connectivity index (χ2n) is 5.00. The molecule has 1 amide bonds. The molecule has 0 spiro atoms. The van der Waals surface area contributed by atoms with Gasteiger partial charge in [-0.1, -0.05) is 41.7 Å². The molecule has 0 fully saturated rings. The maximum atomic E-state index is 12.5. The normalized spacial score (nSPS) is 16.5. The first kappa shape index (κ1) is 12.3. The third-order valence-electron chi connectivity index (χ3n) is 3.67. The molecule has 1 unspecified atom stereocenters. The molecule has 1 aromatic heterocycles. The van der Waals surface area contributed by atoms with Crippen LogP contribution in [0.5, 0.6) is 0 Å². The lowest BCUT2D eigenvalue weighted by Crippen LogP contribution is -2.22. The van der Waals surface area contributed by atoms with Crippen molar-refractivity contribution in [2.45, 2.75) is 5.92 Å². The smallest absolute Gasteiger partial charge is 0.235 e. The van der Waals surface area contributed by atoms with Crippen LogP contribution in [0, 0.1) is 0 Å². The van der Waals surface area contributed by atoms with E-state index in [2.05, 4.69) is 15.6 Å². The van der Waals surface area contributed by atoms with Gasteiger partial charge in [-0.05, 0) is 23.8 Å². The van der Waals surface area contributed by atoms with E-state index in [9.17, 15) is 4.79 Å². The number of nitrogens with zero attached hydrogens (tertiary/aromatic N) is 1. The largest absolute Gasteiger partial charge is 0.384 e. The molecule has 104 valence electrons. The van der Waals surface area contributed by atoms with Gasteiger partial charge in [0.05, 0.1) is 16.1 Å². The number of para-hydroxylation sites is 2. The van der Waals surface area contributed by atoms with Crippen LogP contribution in [0.1, 0.15) is 11.5 Å². The summed E-state index contributed by atoms with van der Waals surface area (Å²) in [6.07, 6.45) is 0.